The highest BCUT2D eigenvalue weighted by Gasteiger charge is 2.28. The molecule has 140 valence electrons. The van der Waals surface area contributed by atoms with E-state index in [1.54, 1.807) is 60.7 Å². The second-order valence-corrected chi connectivity index (χ2v) is 6.25. The van der Waals surface area contributed by atoms with Gasteiger partial charge < -0.3 is 4.74 Å². The van der Waals surface area contributed by atoms with E-state index in [1.807, 2.05) is 0 Å². The van der Waals surface area contributed by atoms with Crippen molar-refractivity contribution in [1.82, 2.24) is 0 Å². The van der Waals surface area contributed by atoms with Crippen LogP contribution in [-0.4, -0.2) is 16.7 Å². The van der Waals surface area contributed by atoms with Crippen LogP contribution >= 0.6 is 11.6 Å². The summed E-state index contributed by atoms with van der Waals surface area (Å²) < 4.78 is 5.46. The summed E-state index contributed by atoms with van der Waals surface area (Å²) in [6.45, 7) is 0. The Morgan fingerprint density at radius 3 is 2.14 bits per heavy atom. The maximum Gasteiger partial charge on any atom is 0.340 e. The van der Waals surface area contributed by atoms with Gasteiger partial charge in [0.15, 0.2) is 6.10 Å². The zero-order valence-electron chi connectivity index (χ0n) is 14.4. The zero-order valence-corrected chi connectivity index (χ0v) is 15.2. The van der Waals surface area contributed by atoms with E-state index < -0.39 is 22.8 Å². The quantitative estimate of drug-likeness (QED) is 0.253. The van der Waals surface area contributed by atoms with Crippen LogP contribution < -0.4 is 0 Å². The highest BCUT2D eigenvalue weighted by Crippen LogP contribution is 2.28. The van der Waals surface area contributed by atoms with E-state index in [0.29, 0.717) is 11.1 Å². The van der Waals surface area contributed by atoms with Crippen LogP contribution in [-0.2, 0) is 4.74 Å². The van der Waals surface area contributed by atoms with E-state index in [0.717, 1.165) is 6.07 Å². The van der Waals surface area contributed by atoms with Crippen LogP contribution in [0, 0.1) is 10.1 Å². The van der Waals surface area contributed by atoms with E-state index in [-0.39, 0.29) is 16.3 Å². The number of ketones is 1. The van der Waals surface area contributed by atoms with Crippen molar-refractivity contribution in [1.29, 1.82) is 0 Å². The lowest BCUT2D eigenvalue weighted by Gasteiger charge is -2.18. The van der Waals surface area contributed by atoms with E-state index >= 15 is 0 Å². The molecule has 3 aromatic rings. The highest BCUT2D eigenvalue weighted by molar-refractivity contribution is 6.33. The van der Waals surface area contributed by atoms with E-state index in [1.165, 1.54) is 12.1 Å². The molecule has 0 aliphatic rings. The van der Waals surface area contributed by atoms with Gasteiger partial charge in [0.1, 0.15) is 0 Å². The number of carbonyl (C=O) groups is 2. The number of hydrogen-bond donors (Lipinski definition) is 0. The van der Waals surface area contributed by atoms with Gasteiger partial charge in [-0.1, -0.05) is 72.3 Å². The van der Waals surface area contributed by atoms with Crippen molar-refractivity contribution in [3.8, 4) is 0 Å². The van der Waals surface area contributed by atoms with Crippen molar-refractivity contribution in [2.24, 2.45) is 0 Å². The van der Waals surface area contributed by atoms with Gasteiger partial charge in [0.2, 0.25) is 5.78 Å². The Labute approximate surface area is 165 Å². The first-order chi connectivity index (χ1) is 13.5. The van der Waals surface area contributed by atoms with E-state index in [2.05, 4.69) is 0 Å². The van der Waals surface area contributed by atoms with Gasteiger partial charge in [0.05, 0.1) is 15.5 Å². The maximum atomic E-state index is 13.0. The second kappa shape index (κ2) is 8.45. The summed E-state index contributed by atoms with van der Waals surface area (Å²) in [6, 6.07) is 20.4. The van der Waals surface area contributed by atoms with Crippen molar-refractivity contribution in [2.75, 3.05) is 0 Å². The molecule has 0 amide bonds. The Bertz CT molecular complexity index is 1020. The number of carbonyl (C=O) groups excluding carboxylic acids is 2. The number of halogens is 1. The molecule has 0 aliphatic heterocycles. The summed E-state index contributed by atoms with van der Waals surface area (Å²) in [4.78, 5) is 36.0. The smallest absolute Gasteiger partial charge is 0.340 e. The molecule has 0 spiro atoms. The number of nitro groups is 1. The van der Waals surface area contributed by atoms with Crippen molar-refractivity contribution in [3.63, 3.8) is 0 Å². The Balaban J connectivity index is 1.96. The molecule has 0 radical (unpaired) electrons. The summed E-state index contributed by atoms with van der Waals surface area (Å²) in [5, 5.41) is 11.0. The molecule has 0 aromatic heterocycles. The molecule has 1 atom stereocenters. The molecule has 3 rings (SSSR count). The highest BCUT2D eigenvalue weighted by atomic mass is 35.5. The van der Waals surface area contributed by atoms with Gasteiger partial charge >= 0.3 is 5.97 Å². The lowest BCUT2D eigenvalue weighted by atomic mass is 9.99. The van der Waals surface area contributed by atoms with Gasteiger partial charge in [-0.3, -0.25) is 14.9 Å². The number of rotatable bonds is 6. The van der Waals surface area contributed by atoms with Gasteiger partial charge in [0, 0.05) is 23.3 Å². The summed E-state index contributed by atoms with van der Waals surface area (Å²) in [5.41, 5.74) is 0.361. The number of hydrogen-bond acceptors (Lipinski definition) is 5. The Morgan fingerprint density at radius 2 is 1.54 bits per heavy atom. The lowest BCUT2D eigenvalue weighted by molar-refractivity contribution is -0.384. The minimum Gasteiger partial charge on any atom is -0.445 e. The zero-order chi connectivity index (χ0) is 20.1. The van der Waals surface area contributed by atoms with E-state index in [9.17, 15) is 19.7 Å². The number of nitrogens with zero attached hydrogens (tertiary/aromatic N) is 1. The SMILES string of the molecule is O=C(OC(C(=O)c1ccccc1)c1ccccc1)c1cc([N+](=O)[O-])ccc1Cl. The number of esters is 1. The third kappa shape index (κ3) is 4.24. The van der Waals surface area contributed by atoms with Crippen LogP contribution in [0.15, 0.2) is 78.9 Å². The van der Waals surface area contributed by atoms with E-state index in [4.69, 9.17) is 16.3 Å². The largest absolute Gasteiger partial charge is 0.445 e. The first kappa shape index (κ1) is 19.3. The van der Waals surface area contributed by atoms with Crippen LogP contribution in [0.1, 0.15) is 32.4 Å². The molecule has 0 N–H and O–H groups in total. The van der Waals surface area contributed by atoms with Crippen molar-refractivity contribution in [2.45, 2.75) is 6.10 Å². The van der Waals surface area contributed by atoms with Crippen LogP contribution in [0.25, 0.3) is 0 Å². The van der Waals surface area contributed by atoms with Crippen molar-refractivity contribution in [3.05, 3.63) is 111 Å². The van der Waals surface area contributed by atoms with Crippen molar-refractivity contribution < 1.29 is 19.2 Å². The molecule has 1 unspecified atom stereocenters. The molecule has 7 heteroatoms. The minimum atomic E-state index is -1.22. The first-order valence-corrected chi connectivity index (χ1v) is 8.64. The van der Waals surface area contributed by atoms with Gasteiger partial charge in [-0.25, -0.2) is 4.79 Å². The van der Waals surface area contributed by atoms with Crippen LogP contribution in [0.5, 0.6) is 0 Å². The Kier molecular flexibility index (Phi) is 5.81. The molecule has 0 bridgehead atoms. The van der Waals surface area contributed by atoms with Gasteiger partial charge in [0.25, 0.3) is 5.69 Å². The van der Waals surface area contributed by atoms with Crippen LogP contribution in [0.3, 0.4) is 0 Å². The fourth-order valence-corrected chi connectivity index (χ4v) is 2.80. The standard InChI is InChI=1S/C21H14ClNO5/c22-18-12-11-16(23(26)27)13-17(18)21(25)28-20(15-9-5-2-6-10-15)19(24)14-7-3-1-4-8-14/h1-13,20H. The predicted octanol–water partition coefficient (Wildman–Crippen LogP) is 5.03. The lowest BCUT2D eigenvalue weighted by Crippen LogP contribution is -2.20. The molecule has 0 fully saturated rings. The predicted molar refractivity (Wildman–Crippen MR) is 103 cm³/mol. The number of non-ortho nitro benzene ring substituents is 1. The molecular formula is C21H14ClNO5. The Morgan fingerprint density at radius 1 is 0.929 bits per heavy atom. The Hall–Kier alpha value is -3.51. The number of benzene rings is 3. The topological polar surface area (TPSA) is 86.5 Å². The molecule has 0 saturated heterocycles. The second-order valence-electron chi connectivity index (χ2n) is 5.85. The monoisotopic (exact) mass is 395 g/mol. The molecule has 6 nitrogen and oxygen atoms in total. The third-order valence-corrected chi connectivity index (χ3v) is 4.33. The number of ether oxygens (including phenoxy) is 1. The summed E-state index contributed by atoms with van der Waals surface area (Å²) in [6.07, 6.45) is -1.22. The molecule has 0 saturated carbocycles. The molecular weight excluding hydrogens is 382 g/mol. The van der Waals surface area contributed by atoms with Crippen molar-refractivity contribution >= 4 is 29.0 Å². The molecule has 3 aromatic carbocycles. The normalized spacial score (nSPS) is 11.5. The van der Waals surface area contributed by atoms with Gasteiger partial charge in [-0.15, -0.1) is 0 Å². The number of nitro benzene ring substituents is 1. The van der Waals surface area contributed by atoms with Gasteiger partial charge in [-0.2, -0.15) is 0 Å². The third-order valence-electron chi connectivity index (χ3n) is 4.00. The number of Topliss-reactive ketones (excluding diaryl/α,β-unsaturated/α-hetero) is 1. The average Bonchev–Trinajstić information content (AvgIpc) is 2.72. The van der Waals surface area contributed by atoms with Crippen LogP contribution in [0.2, 0.25) is 5.02 Å². The molecule has 28 heavy (non-hydrogen) atoms. The summed E-state index contributed by atoms with van der Waals surface area (Å²) in [5.74, 6) is -1.34. The van der Waals surface area contributed by atoms with Crippen LogP contribution in [0.4, 0.5) is 5.69 Å². The fraction of sp³-hybridized carbons (Fsp3) is 0.0476. The molecule has 0 aliphatic carbocycles. The minimum absolute atomic E-state index is 0.00503. The average molecular weight is 396 g/mol. The van der Waals surface area contributed by atoms with Gasteiger partial charge in [-0.05, 0) is 6.07 Å². The summed E-state index contributed by atoms with van der Waals surface area (Å²) >= 11 is 6.01. The molecule has 0 heterocycles. The maximum absolute atomic E-state index is 13.0. The fourth-order valence-electron chi connectivity index (χ4n) is 2.61. The first-order valence-electron chi connectivity index (χ1n) is 8.26. The summed E-state index contributed by atoms with van der Waals surface area (Å²) in [7, 11) is 0.